The highest BCUT2D eigenvalue weighted by Gasteiger charge is 2.10. The maximum atomic E-state index is 14.0. The summed E-state index contributed by atoms with van der Waals surface area (Å²) in [6, 6.07) is 18.0. The fraction of sp³-hybridized carbons (Fsp3) is 0. The van der Waals surface area contributed by atoms with Crippen LogP contribution in [0.15, 0.2) is 65.1 Å². The lowest BCUT2D eigenvalue weighted by atomic mass is 10.0. The molecule has 1 nitrogen and oxygen atoms in total. The van der Waals surface area contributed by atoms with E-state index < -0.39 is 0 Å². The first-order chi connectivity index (χ1) is 10.2. The summed E-state index contributed by atoms with van der Waals surface area (Å²) in [5, 5.41) is 2.52. The van der Waals surface area contributed by atoms with Crippen LogP contribution in [-0.4, -0.2) is 0 Å². The van der Waals surface area contributed by atoms with Crippen LogP contribution in [0.3, 0.4) is 0 Å². The molecule has 102 valence electrons. The van der Waals surface area contributed by atoms with Crippen molar-refractivity contribution >= 4 is 33.5 Å². The van der Waals surface area contributed by atoms with Crippen molar-refractivity contribution in [2.45, 2.75) is 0 Å². The molecule has 0 atom stereocenters. The maximum Gasteiger partial charge on any atom is 0.135 e. The van der Waals surface area contributed by atoms with Gasteiger partial charge in [0.2, 0.25) is 0 Å². The minimum Gasteiger partial charge on any atom is -0.456 e. The van der Waals surface area contributed by atoms with E-state index in [2.05, 4.69) is 0 Å². The second kappa shape index (κ2) is 4.61. The van der Waals surface area contributed by atoms with Crippen molar-refractivity contribution in [3.8, 4) is 11.1 Å². The number of rotatable bonds is 1. The molecule has 0 aliphatic rings. The fourth-order valence-corrected chi connectivity index (χ4v) is 2.78. The molecule has 0 radical (unpaired) electrons. The molecule has 4 aromatic rings. The number of para-hydroxylation sites is 1. The zero-order valence-electron chi connectivity index (χ0n) is 10.9. The standard InChI is InChI=1S/C18H10ClFO/c19-12-6-7-16(20)14(10-12)11-5-8-18-15(9-11)13-3-1-2-4-17(13)21-18/h1-10H. The van der Waals surface area contributed by atoms with E-state index in [1.165, 1.54) is 6.07 Å². The van der Waals surface area contributed by atoms with E-state index in [1.807, 2.05) is 42.5 Å². The van der Waals surface area contributed by atoms with Gasteiger partial charge in [-0.25, -0.2) is 4.39 Å². The molecule has 0 bridgehead atoms. The van der Waals surface area contributed by atoms with E-state index in [9.17, 15) is 4.39 Å². The number of hydrogen-bond donors (Lipinski definition) is 0. The van der Waals surface area contributed by atoms with Gasteiger partial charge in [-0.3, -0.25) is 0 Å². The van der Waals surface area contributed by atoms with Gasteiger partial charge in [0.15, 0.2) is 0 Å². The van der Waals surface area contributed by atoms with Crippen LogP contribution in [0.1, 0.15) is 0 Å². The summed E-state index contributed by atoms with van der Waals surface area (Å²) in [6.45, 7) is 0. The molecular formula is C18H10ClFO. The molecule has 4 rings (SSSR count). The zero-order chi connectivity index (χ0) is 14.4. The molecule has 3 aromatic carbocycles. The van der Waals surface area contributed by atoms with Gasteiger partial charge in [-0.2, -0.15) is 0 Å². The van der Waals surface area contributed by atoms with Crippen molar-refractivity contribution in [3.63, 3.8) is 0 Å². The summed E-state index contributed by atoms with van der Waals surface area (Å²) >= 11 is 5.97. The monoisotopic (exact) mass is 296 g/mol. The second-order valence-electron chi connectivity index (χ2n) is 4.93. The van der Waals surface area contributed by atoms with Crippen LogP contribution in [0.2, 0.25) is 5.02 Å². The number of furan rings is 1. The quantitative estimate of drug-likeness (QED) is 0.417. The van der Waals surface area contributed by atoms with Gasteiger partial charge in [0.25, 0.3) is 0 Å². The number of benzene rings is 3. The van der Waals surface area contributed by atoms with Gasteiger partial charge >= 0.3 is 0 Å². The van der Waals surface area contributed by atoms with Gasteiger partial charge in [-0.05, 0) is 42.0 Å². The van der Waals surface area contributed by atoms with E-state index in [0.29, 0.717) is 10.6 Å². The van der Waals surface area contributed by atoms with E-state index in [1.54, 1.807) is 12.1 Å². The van der Waals surface area contributed by atoms with Gasteiger partial charge in [-0.1, -0.05) is 35.9 Å². The minimum atomic E-state index is -0.286. The Morgan fingerprint density at radius 3 is 2.52 bits per heavy atom. The van der Waals surface area contributed by atoms with Crippen molar-refractivity contribution in [1.82, 2.24) is 0 Å². The van der Waals surface area contributed by atoms with Crippen molar-refractivity contribution < 1.29 is 8.81 Å². The fourth-order valence-electron chi connectivity index (χ4n) is 2.61. The first kappa shape index (κ1) is 12.4. The van der Waals surface area contributed by atoms with Gasteiger partial charge in [0.1, 0.15) is 17.0 Å². The lowest BCUT2D eigenvalue weighted by Gasteiger charge is -2.04. The molecule has 21 heavy (non-hydrogen) atoms. The number of hydrogen-bond acceptors (Lipinski definition) is 1. The normalized spacial score (nSPS) is 11.3. The summed E-state index contributed by atoms with van der Waals surface area (Å²) < 4.78 is 19.8. The topological polar surface area (TPSA) is 13.1 Å². The Labute approximate surface area is 125 Å². The Bertz CT molecular complexity index is 971. The van der Waals surface area contributed by atoms with E-state index in [4.69, 9.17) is 16.0 Å². The SMILES string of the molecule is Fc1ccc(Cl)cc1-c1ccc2oc3ccccc3c2c1. The zero-order valence-corrected chi connectivity index (χ0v) is 11.7. The highest BCUT2D eigenvalue weighted by Crippen LogP contribution is 2.33. The summed E-state index contributed by atoms with van der Waals surface area (Å²) in [4.78, 5) is 0. The summed E-state index contributed by atoms with van der Waals surface area (Å²) in [7, 11) is 0. The molecular weight excluding hydrogens is 287 g/mol. The molecule has 0 saturated heterocycles. The molecule has 0 spiro atoms. The Hall–Kier alpha value is -2.32. The van der Waals surface area contributed by atoms with Crippen LogP contribution in [0.5, 0.6) is 0 Å². The van der Waals surface area contributed by atoms with Crippen LogP contribution in [-0.2, 0) is 0 Å². The van der Waals surface area contributed by atoms with E-state index >= 15 is 0 Å². The molecule has 0 saturated carbocycles. The van der Waals surface area contributed by atoms with Crippen molar-refractivity contribution in [2.24, 2.45) is 0 Å². The lowest BCUT2D eigenvalue weighted by molar-refractivity contribution is 0.631. The molecule has 3 heteroatoms. The number of halogens is 2. The maximum absolute atomic E-state index is 14.0. The van der Waals surface area contributed by atoms with Gasteiger partial charge in [0.05, 0.1) is 0 Å². The largest absolute Gasteiger partial charge is 0.456 e. The molecule has 1 aromatic heterocycles. The van der Waals surface area contributed by atoms with E-state index in [0.717, 1.165) is 27.5 Å². The lowest BCUT2D eigenvalue weighted by Crippen LogP contribution is -1.84. The van der Waals surface area contributed by atoms with E-state index in [-0.39, 0.29) is 5.82 Å². The Kier molecular flexibility index (Phi) is 2.72. The summed E-state index contributed by atoms with van der Waals surface area (Å²) in [5.74, 6) is -0.286. The van der Waals surface area contributed by atoms with Crippen molar-refractivity contribution in [3.05, 3.63) is 71.5 Å². The smallest absolute Gasteiger partial charge is 0.135 e. The van der Waals surface area contributed by atoms with Gasteiger partial charge in [0, 0.05) is 21.4 Å². The van der Waals surface area contributed by atoms with Crippen LogP contribution >= 0.6 is 11.6 Å². The third kappa shape index (κ3) is 1.99. The summed E-state index contributed by atoms with van der Waals surface area (Å²) in [6.07, 6.45) is 0. The Balaban J connectivity index is 2.02. The molecule has 0 N–H and O–H groups in total. The first-order valence-corrected chi connectivity index (χ1v) is 6.97. The predicted molar refractivity (Wildman–Crippen MR) is 84.1 cm³/mol. The molecule has 0 fully saturated rings. The third-order valence-electron chi connectivity index (χ3n) is 3.62. The molecule has 0 amide bonds. The van der Waals surface area contributed by atoms with Crippen LogP contribution in [0.25, 0.3) is 33.1 Å². The third-order valence-corrected chi connectivity index (χ3v) is 3.85. The Morgan fingerprint density at radius 1 is 0.810 bits per heavy atom. The molecule has 1 heterocycles. The predicted octanol–water partition coefficient (Wildman–Crippen LogP) is 6.05. The highest BCUT2D eigenvalue weighted by atomic mass is 35.5. The average Bonchev–Trinajstić information content (AvgIpc) is 2.87. The van der Waals surface area contributed by atoms with Gasteiger partial charge < -0.3 is 4.42 Å². The second-order valence-corrected chi connectivity index (χ2v) is 5.37. The molecule has 0 unspecified atom stereocenters. The first-order valence-electron chi connectivity index (χ1n) is 6.59. The Morgan fingerprint density at radius 2 is 1.62 bits per heavy atom. The molecule has 0 aliphatic carbocycles. The van der Waals surface area contributed by atoms with Crippen LogP contribution in [0.4, 0.5) is 4.39 Å². The molecule has 0 aliphatic heterocycles. The minimum absolute atomic E-state index is 0.286. The van der Waals surface area contributed by atoms with Gasteiger partial charge in [-0.15, -0.1) is 0 Å². The van der Waals surface area contributed by atoms with Crippen molar-refractivity contribution in [1.29, 1.82) is 0 Å². The van der Waals surface area contributed by atoms with Crippen LogP contribution < -0.4 is 0 Å². The van der Waals surface area contributed by atoms with Crippen molar-refractivity contribution in [2.75, 3.05) is 0 Å². The van der Waals surface area contributed by atoms with Crippen LogP contribution in [0, 0.1) is 5.82 Å². The highest BCUT2D eigenvalue weighted by molar-refractivity contribution is 6.30. The number of fused-ring (bicyclic) bond motifs is 3. The average molecular weight is 297 g/mol. The summed E-state index contributed by atoms with van der Waals surface area (Å²) in [5.41, 5.74) is 2.90.